The van der Waals surface area contributed by atoms with E-state index in [1.165, 1.54) is 18.3 Å². The molecule has 0 fully saturated rings. The van der Waals surface area contributed by atoms with E-state index >= 15 is 0 Å². The summed E-state index contributed by atoms with van der Waals surface area (Å²) in [4.78, 5) is 34.7. The SMILES string of the molecule is CCOC(=O)[C@@H](Sc1nc(N)c2c3c(sc2n1)CO[C@](C)(CC)C3)C(C)=O. The third-order valence-corrected chi connectivity index (χ3v) is 6.94. The second-order valence-corrected chi connectivity index (χ2v) is 8.86. The van der Waals surface area contributed by atoms with E-state index in [4.69, 9.17) is 15.2 Å². The van der Waals surface area contributed by atoms with Gasteiger partial charge in [0.15, 0.2) is 16.2 Å². The zero-order valence-electron chi connectivity index (χ0n) is 15.8. The first-order chi connectivity index (χ1) is 12.8. The third-order valence-electron chi connectivity index (χ3n) is 4.69. The summed E-state index contributed by atoms with van der Waals surface area (Å²) < 4.78 is 11.0. The van der Waals surface area contributed by atoms with Crippen LogP contribution >= 0.6 is 23.1 Å². The molecule has 146 valence electrons. The number of ketones is 1. The number of rotatable bonds is 6. The van der Waals surface area contributed by atoms with E-state index < -0.39 is 11.2 Å². The lowest BCUT2D eigenvalue weighted by Crippen LogP contribution is -2.33. The largest absolute Gasteiger partial charge is 0.465 e. The van der Waals surface area contributed by atoms with Gasteiger partial charge in [0.2, 0.25) is 0 Å². The molecule has 0 radical (unpaired) electrons. The molecule has 0 bridgehead atoms. The van der Waals surface area contributed by atoms with Gasteiger partial charge in [-0.15, -0.1) is 11.3 Å². The van der Waals surface area contributed by atoms with Crippen molar-refractivity contribution in [1.82, 2.24) is 9.97 Å². The highest BCUT2D eigenvalue weighted by Gasteiger charge is 2.33. The Morgan fingerprint density at radius 2 is 2.15 bits per heavy atom. The number of anilines is 1. The smallest absolute Gasteiger partial charge is 0.327 e. The lowest BCUT2D eigenvalue weighted by molar-refractivity contribution is -0.144. The van der Waals surface area contributed by atoms with Gasteiger partial charge in [0.25, 0.3) is 0 Å². The minimum Gasteiger partial charge on any atom is -0.465 e. The molecule has 2 N–H and O–H groups in total. The van der Waals surface area contributed by atoms with Crippen LogP contribution in [0.4, 0.5) is 5.82 Å². The fraction of sp³-hybridized carbons (Fsp3) is 0.556. The molecule has 0 saturated carbocycles. The second kappa shape index (κ2) is 7.73. The van der Waals surface area contributed by atoms with E-state index in [0.717, 1.165) is 45.3 Å². The van der Waals surface area contributed by atoms with E-state index in [1.807, 2.05) is 0 Å². The number of carbonyl (C=O) groups excluding carboxylic acids is 2. The quantitative estimate of drug-likeness (QED) is 0.336. The van der Waals surface area contributed by atoms with Crippen LogP contribution < -0.4 is 5.73 Å². The molecule has 0 amide bonds. The molecule has 0 saturated heterocycles. The summed E-state index contributed by atoms with van der Waals surface area (Å²) in [6, 6.07) is 0. The van der Waals surface area contributed by atoms with Crippen molar-refractivity contribution in [1.29, 1.82) is 0 Å². The lowest BCUT2D eigenvalue weighted by atomic mass is 9.90. The number of esters is 1. The Kier molecular flexibility index (Phi) is 5.73. The number of nitrogens with zero attached hydrogens (tertiary/aromatic N) is 2. The maximum atomic E-state index is 12.0. The summed E-state index contributed by atoms with van der Waals surface area (Å²) in [6.07, 6.45) is 1.66. The number of thioether (sulfide) groups is 1. The number of hydrogen-bond donors (Lipinski definition) is 1. The van der Waals surface area contributed by atoms with Gasteiger partial charge in [0, 0.05) is 11.3 Å². The summed E-state index contributed by atoms with van der Waals surface area (Å²) in [5, 5.41) is 0.159. The van der Waals surface area contributed by atoms with Gasteiger partial charge in [-0.2, -0.15) is 0 Å². The van der Waals surface area contributed by atoms with E-state index in [1.54, 1.807) is 6.92 Å². The first-order valence-corrected chi connectivity index (χ1v) is 10.5. The maximum Gasteiger partial charge on any atom is 0.327 e. The third kappa shape index (κ3) is 3.95. The Labute approximate surface area is 166 Å². The minimum absolute atomic E-state index is 0.207. The number of nitrogen functional groups attached to an aromatic ring is 1. The fourth-order valence-corrected chi connectivity index (χ4v) is 4.98. The predicted molar refractivity (Wildman–Crippen MR) is 106 cm³/mol. The summed E-state index contributed by atoms with van der Waals surface area (Å²) >= 11 is 2.50. The lowest BCUT2D eigenvalue weighted by Gasteiger charge is -2.33. The van der Waals surface area contributed by atoms with Gasteiger partial charge in [0.05, 0.1) is 24.2 Å². The number of nitrogens with two attached hydrogens (primary N) is 1. The molecule has 2 aromatic heterocycles. The van der Waals surface area contributed by atoms with Crippen LogP contribution in [0.2, 0.25) is 0 Å². The molecule has 9 heteroatoms. The highest BCUT2D eigenvalue weighted by atomic mass is 32.2. The Hall–Kier alpha value is -1.71. The van der Waals surface area contributed by atoms with Crippen LogP contribution in [0.25, 0.3) is 10.2 Å². The van der Waals surface area contributed by atoms with E-state index in [2.05, 4.69) is 23.8 Å². The molecule has 27 heavy (non-hydrogen) atoms. The fourth-order valence-electron chi connectivity index (χ4n) is 2.98. The highest BCUT2D eigenvalue weighted by molar-refractivity contribution is 8.01. The Balaban J connectivity index is 1.96. The van der Waals surface area contributed by atoms with Gasteiger partial charge in [-0.05, 0) is 32.8 Å². The van der Waals surface area contributed by atoms with Crippen molar-refractivity contribution in [2.24, 2.45) is 0 Å². The monoisotopic (exact) mass is 409 g/mol. The summed E-state index contributed by atoms with van der Waals surface area (Å²) in [5.41, 5.74) is 7.17. The topological polar surface area (TPSA) is 104 Å². The van der Waals surface area contributed by atoms with Crippen molar-refractivity contribution in [3.63, 3.8) is 0 Å². The van der Waals surface area contributed by atoms with Gasteiger partial charge in [0.1, 0.15) is 10.6 Å². The second-order valence-electron chi connectivity index (χ2n) is 6.70. The first kappa shape index (κ1) is 20.0. The summed E-state index contributed by atoms with van der Waals surface area (Å²) in [6.45, 7) is 7.98. The number of aromatic nitrogens is 2. The highest BCUT2D eigenvalue weighted by Crippen LogP contribution is 2.42. The molecule has 7 nitrogen and oxygen atoms in total. The Morgan fingerprint density at radius 1 is 1.41 bits per heavy atom. The molecule has 1 aliphatic heterocycles. The zero-order valence-corrected chi connectivity index (χ0v) is 17.5. The van der Waals surface area contributed by atoms with E-state index in [9.17, 15) is 9.59 Å². The van der Waals surface area contributed by atoms with Gasteiger partial charge >= 0.3 is 5.97 Å². The van der Waals surface area contributed by atoms with Gasteiger partial charge < -0.3 is 15.2 Å². The van der Waals surface area contributed by atoms with Gasteiger partial charge in [-0.1, -0.05) is 18.7 Å². The average Bonchev–Trinajstić information content (AvgIpc) is 2.97. The van der Waals surface area contributed by atoms with Crippen LogP contribution in [-0.2, 0) is 32.1 Å². The molecular weight excluding hydrogens is 386 g/mol. The molecule has 2 atom stereocenters. The van der Waals surface area contributed by atoms with Crippen molar-refractivity contribution in [3.8, 4) is 0 Å². The van der Waals surface area contributed by atoms with Gasteiger partial charge in [-0.25, -0.2) is 9.97 Å². The van der Waals surface area contributed by atoms with Crippen LogP contribution in [0.5, 0.6) is 0 Å². The van der Waals surface area contributed by atoms with Crippen LogP contribution in [0.1, 0.15) is 44.6 Å². The Morgan fingerprint density at radius 3 is 2.78 bits per heavy atom. The summed E-state index contributed by atoms with van der Waals surface area (Å²) in [5.74, 6) is -0.528. The van der Waals surface area contributed by atoms with E-state index in [-0.39, 0.29) is 18.0 Å². The normalized spacial score (nSPS) is 20.3. The maximum absolute atomic E-state index is 12.0. The van der Waals surface area contributed by atoms with Crippen LogP contribution in [0, 0.1) is 0 Å². The minimum atomic E-state index is -0.997. The molecule has 0 aromatic carbocycles. The number of Topliss-reactive ketones (excluding diaryl/α,β-unsaturated/α-hetero) is 1. The molecular formula is C18H23N3O4S2. The predicted octanol–water partition coefficient (Wildman–Crippen LogP) is 3.13. The molecule has 0 unspecified atom stereocenters. The van der Waals surface area contributed by atoms with Crippen molar-refractivity contribution in [2.75, 3.05) is 12.3 Å². The molecule has 0 aliphatic carbocycles. The number of fused-ring (bicyclic) bond motifs is 3. The van der Waals surface area contributed by atoms with Gasteiger partial charge in [-0.3, -0.25) is 9.59 Å². The Bertz CT molecular complexity index is 898. The zero-order chi connectivity index (χ0) is 19.8. The summed E-state index contributed by atoms with van der Waals surface area (Å²) in [7, 11) is 0. The van der Waals surface area contributed by atoms with Crippen LogP contribution in [0.15, 0.2) is 5.16 Å². The molecule has 2 aromatic rings. The first-order valence-electron chi connectivity index (χ1n) is 8.83. The van der Waals surface area contributed by atoms with Crippen molar-refractivity contribution < 1.29 is 19.1 Å². The van der Waals surface area contributed by atoms with Crippen molar-refractivity contribution >= 4 is 50.9 Å². The number of ether oxygens (including phenoxy) is 2. The standard InChI is InChI=1S/C18H23N3O4S2/c1-5-18(4)7-10-11(8-25-18)26-15-12(10)14(19)20-17(21-15)27-13(9(3)22)16(23)24-6-2/h13H,5-8H2,1-4H3,(H2,19,20,21)/t13-,18+/m0/s1. The molecule has 0 spiro atoms. The number of carbonyl (C=O) groups is 2. The van der Waals surface area contributed by atoms with Crippen LogP contribution in [-0.4, -0.2) is 39.2 Å². The van der Waals surface area contributed by atoms with Crippen molar-refractivity contribution in [2.45, 2.75) is 63.2 Å². The number of hydrogen-bond acceptors (Lipinski definition) is 9. The van der Waals surface area contributed by atoms with Crippen LogP contribution in [0.3, 0.4) is 0 Å². The van der Waals surface area contributed by atoms with Crippen molar-refractivity contribution in [3.05, 3.63) is 10.4 Å². The molecule has 3 rings (SSSR count). The number of thiophene rings is 1. The van der Waals surface area contributed by atoms with E-state index in [0.29, 0.717) is 17.6 Å². The average molecular weight is 410 g/mol. The molecule has 3 heterocycles. The molecule has 1 aliphatic rings.